The molecule has 1 fully saturated rings. The highest BCUT2D eigenvalue weighted by Gasteiger charge is 2.13. The molecule has 0 amide bonds. The van der Waals surface area contributed by atoms with E-state index in [0.717, 1.165) is 45.6 Å². The number of halogens is 2. The molecule has 152 valence electrons. The van der Waals surface area contributed by atoms with E-state index in [0.29, 0.717) is 31.6 Å². The number of hydrogen-bond acceptors (Lipinski definition) is 3. The van der Waals surface area contributed by atoms with Crippen molar-refractivity contribution in [2.45, 2.75) is 32.6 Å². The summed E-state index contributed by atoms with van der Waals surface area (Å²) in [6.45, 7) is 6.89. The highest BCUT2D eigenvalue weighted by Crippen LogP contribution is 2.14. The number of hydrogen-bond donors (Lipinski definition) is 2. The van der Waals surface area contributed by atoms with Gasteiger partial charge in [-0.25, -0.2) is 8.78 Å². The second kappa shape index (κ2) is 12.6. The van der Waals surface area contributed by atoms with Gasteiger partial charge in [-0.1, -0.05) is 6.07 Å². The molecule has 1 aliphatic heterocycles. The Morgan fingerprint density at radius 2 is 1.96 bits per heavy atom. The zero-order valence-electron chi connectivity index (χ0n) is 16.1. The van der Waals surface area contributed by atoms with Gasteiger partial charge in [0.05, 0.1) is 0 Å². The quantitative estimate of drug-likeness (QED) is 0.371. The van der Waals surface area contributed by atoms with Crippen LogP contribution < -0.4 is 10.6 Å². The Balaban J connectivity index is 1.64. The molecular formula is C20H31F2N3O2. The SMILES string of the molecule is CCNC(=NCCCOCC1CCOCC1)NCCc1c(F)cccc1F. The summed E-state index contributed by atoms with van der Waals surface area (Å²) in [5.74, 6) is 0.236. The number of nitrogens with one attached hydrogen (secondary N) is 2. The molecule has 5 nitrogen and oxygen atoms in total. The van der Waals surface area contributed by atoms with Gasteiger partial charge in [-0.15, -0.1) is 0 Å². The maximum absolute atomic E-state index is 13.6. The first-order chi connectivity index (χ1) is 13.2. The molecule has 2 rings (SSSR count). The van der Waals surface area contributed by atoms with Gasteiger partial charge in [-0.05, 0) is 50.7 Å². The van der Waals surface area contributed by atoms with Crippen molar-refractivity contribution in [3.8, 4) is 0 Å². The lowest BCUT2D eigenvalue weighted by molar-refractivity contribution is 0.0205. The molecule has 1 saturated heterocycles. The summed E-state index contributed by atoms with van der Waals surface area (Å²) in [5.41, 5.74) is 0.0994. The van der Waals surface area contributed by atoms with E-state index in [1.165, 1.54) is 18.2 Å². The Morgan fingerprint density at radius 1 is 1.22 bits per heavy atom. The highest BCUT2D eigenvalue weighted by molar-refractivity contribution is 5.79. The first-order valence-corrected chi connectivity index (χ1v) is 9.81. The minimum atomic E-state index is -0.514. The zero-order valence-corrected chi connectivity index (χ0v) is 16.1. The molecule has 27 heavy (non-hydrogen) atoms. The predicted molar refractivity (Wildman–Crippen MR) is 103 cm³/mol. The first-order valence-electron chi connectivity index (χ1n) is 9.81. The minimum Gasteiger partial charge on any atom is -0.381 e. The molecule has 0 aromatic heterocycles. The Kier molecular flexibility index (Phi) is 10.1. The molecule has 0 bridgehead atoms. The van der Waals surface area contributed by atoms with E-state index in [4.69, 9.17) is 9.47 Å². The average Bonchev–Trinajstić information content (AvgIpc) is 2.67. The van der Waals surface area contributed by atoms with Crippen LogP contribution in [0.3, 0.4) is 0 Å². The van der Waals surface area contributed by atoms with E-state index in [2.05, 4.69) is 15.6 Å². The van der Waals surface area contributed by atoms with E-state index in [1.54, 1.807) is 0 Å². The minimum absolute atomic E-state index is 0.0994. The highest BCUT2D eigenvalue weighted by atomic mass is 19.1. The molecular weight excluding hydrogens is 352 g/mol. The van der Waals surface area contributed by atoms with Gasteiger partial charge in [0.1, 0.15) is 11.6 Å². The van der Waals surface area contributed by atoms with Crippen LogP contribution in [-0.4, -0.2) is 52.0 Å². The van der Waals surface area contributed by atoms with E-state index in [9.17, 15) is 8.78 Å². The lowest BCUT2D eigenvalue weighted by Crippen LogP contribution is -2.38. The van der Waals surface area contributed by atoms with Crippen LogP contribution >= 0.6 is 0 Å². The second-order valence-corrected chi connectivity index (χ2v) is 6.62. The van der Waals surface area contributed by atoms with Gasteiger partial charge in [0.15, 0.2) is 5.96 Å². The van der Waals surface area contributed by atoms with Crippen LogP contribution in [0.1, 0.15) is 31.7 Å². The number of nitrogens with zero attached hydrogens (tertiary/aromatic N) is 1. The van der Waals surface area contributed by atoms with Crippen LogP contribution in [0.25, 0.3) is 0 Å². The summed E-state index contributed by atoms with van der Waals surface area (Å²) >= 11 is 0. The molecule has 1 aromatic rings. The smallest absolute Gasteiger partial charge is 0.191 e. The van der Waals surface area contributed by atoms with Crippen molar-refractivity contribution < 1.29 is 18.3 Å². The van der Waals surface area contributed by atoms with Gasteiger partial charge in [-0.3, -0.25) is 4.99 Å². The monoisotopic (exact) mass is 383 g/mol. The maximum atomic E-state index is 13.6. The Hall–Kier alpha value is -1.73. The second-order valence-electron chi connectivity index (χ2n) is 6.62. The lowest BCUT2D eigenvalue weighted by atomic mass is 10.0. The average molecular weight is 383 g/mol. The van der Waals surface area contributed by atoms with Crippen LogP contribution in [-0.2, 0) is 15.9 Å². The van der Waals surface area contributed by atoms with Crippen molar-refractivity contribution in [3.63, 3.8) is 0 Å². The van der Waals surface area contributed by atoms with Crippen molar-refractivity contribution in [1.82, 2.24) is 10.6 Å². The molecule has 1 heterocycles. The van der Waals surface area contributed by atoms with Gasteiger partial charge in [0.25, 0.3) is 0 Å². The zero-order chi connectivity index (χ0) is 19.3. The van der Waals surface area contributed by atoms with Gasteiger partial charge in [0.2, 0.25) is 0 Å². The van der Waals surface area contributed by atoms with Crippen LogP contribution in [0.4, 0.5) is 8.78 Å². The Morgan fingerprint density at radius 3 is 2.67 bits per heavy atom. The Labute approximate surface area is 160 Å². The Bertz CT molecular complexity index is 558. The van der Waals surface area contributed by atoms with Crippen molar-refractivity contribution in [3.05, 3.63) is 35.4 Å². The largest absolute Gasteiger partial charge is 0.381 e. The number of benzene rings is 1. The predicted octanol–water partition coefficient (Wildman–Crippen LogP) is 2.90. The molecule has 0 saturated carbocycles. The molecule has 0 atom stereocenters. The van der Waals surface area contributed by atoms with E-state index in [1.807, 2.05) is 6.92 Å². The lowest BCUT2D eigenvalue weighted by Gasteiger charge is -2.21. The van der Waals surface area contributed by atoms with Gasteiger partial charge >= 0.3 is 0 Å². The third-order valence-corrected chi connectivity index (χ3v) is 4.48. The van der Waals surface area contributed by atoms with Crippen LogP contribution in [0, 0.1) is 17.6 Å². The first kappa shape index (κ1) is 21.6. The number of rotatable bonds is 10. The van der Waals surface area contributed by atoms with E-state index >= 15 is 0 Å². The van der Waals surface area contributed by atoms with Gasteiger partial charge in [-0.2, -0.15) is 0 Å². The normalized spacial score (nSPS) is 15.7. The molecule has 2 N–H and O–H groups in total. The fourth-order valence-corrected chi connectivity index (χ4v) is 2.94. The van der Waals surface area contributed by atoms with Crippen LogP contribution in [0.15, 0.2) is 23.2 Å². The van der Waals surface area contributed by atoms with Crippen molar-refractivity contribution >= 4 is 5.96 Å². The number of guanidine groups is 1. The summed E-state index contributed by atoms with van der Waals surface area (Å²) in [5, 5.41) is 6.25. The molecule has 0 unspecified atom stereocenters. The number of ether oxygens (including phenoxy) is 2. The van der Waals surface area contributed by atoms with E-state index in [-0.39, 0.29) is 12.0 Å². The molecule has 1 aliphatic rings. The topological polar surface area (TPSA) is 54.9 Å². The third-order valence-electron chi connectivity index (χ3n) is 4.48. The van der Waals surface area contributed by atoms with Crippen LogP contribution in [0.2, 0.25) is 0 Å². The summed E-state index contributed by atoms with van der Waals surface area (Å²) < 4.78 is 38.4. The fraction of sp³-hybridized carbons (Fsp3) is 0.650. The van der Waals surface area contributed by atoms with Crippen molar-refractivity contribution in [2.75, 3.05) is 46.1 Å². The van der Waals surface area contributed by atoms with Crippen molar-refractivity contribution in [1.29, 1.82) is 0 Å². The summed E-state index contributed by atoms with van der Waals surface area (Å²) in [4.78, 5) is 4.48. The molecule has 0 spiro atoms. The summed E-state index contributed by atoms with van der Waals surface area (Å²) in [6, 6.07) is 3.92. The van der Waals surface area contributed by atoms with Crippen LogP contribution in [0.5, 0.6) is 0 Å². The van der Waals surface area contributed by atoms with Gasteiger partial charge in [0, 0.05) is 51.6 Å². The molecule has 0 aliphatic carbocycles. The third kappa shape index (κ3) is 8.22. The number of aliphatic imine (C=N–C) groups is 1. The van der Waals surface area contributed by atoms with Gasteiger partial charge < -0.3 is 20.1 Å². The summed E-state index contributed by atoms with van der Waals surface area (Å²) in [6.07, 6.45) is 3.25. The molecule has 0 radical (unpaired) electrons. The van der Waals surface area contributed by atoms with Crippen molar-refractivity contribution in [2.24, 2.45) is 10.9 Å². The fourth-order valence-electron chi connectivity index (χ4n) is 2.94. The molecule has 1 aromatic carbocycles. The maximum Gasteiger partial charge on any atom is 0.191 e. The summed E-state index contributed by atoms with van der Waals surface area (Å²) in [7, 11) is 0. The van der Waals surface area contributed by atoms with E-state index < -0.39 is 11.6 Å². The molecule has 7 heteroatoms. The standard InChI is InChI=1S/C20H31F2N3O2/c1-2-23-20(25-11-7-17-18(21)5-3-6-19(17)22)24-10-4-12-27-15-16-8-13-26-14-9-16/h3,5-6,16H,2,4,7-15H2,1H3,(H2,23,24,25).